The summed E-state index contributed by atoms with van der Waals surface area (Å²) in [7, 11) is 0.835. The molecule has 0 saturated carbocycles. The van der Waals surface area contributed by atoms with E-state index in [-0.39, 0.29) is 11.8 Å². The van der Waals surface area contributed by atoms with Gasteiger partial charge in [0.25, 0.3) is 0 Å². The standard InChI is InChI=1S/C12H29N3O2S/c1-11(2)13-8-6-10-18(16,17)14-12(3)7-9-15(4)5/h11-14H,6-10H2,1-5H3. The highest BCUT2D eigenvalue weighted by atomic mass is 32.2. The monoisotopic (exact) mass is 279 g/mol. The minimum Gasteiger partial charge on any atom is -0.314 e. The van der Waals surface area contributed by atoms with Crippen LogP contribution in [0.15, 0.2) is 0 Å². The van der Waals surface area contributed by atoms with Gasteiger partial charge in [-0.05, 0) is 47.0 Å². The van der Waals surface area contributed by atoms with Crippen molar-refractivity contribution in [1.82, 2.24) is 14.9 Å². The lowest BCUT2D eigenvalue weighted by atomic mass is 10.2. The number of sulfonamides is 1. The predicted octanol–water partition coefficient (Wildman–Crippen LogP) is 0.634. The Kier molecular flexibility index (Phi) is 8.77. The average molecular weight is 279 g/mol. The molecule has 0 rings (SSSR count). The highest BCUT2D eigenvalue weighted by Gasteiger charge is 2.14. The zero-order chi connectivity index (χ0) is 14.2. The van der Waals surface area contributed by atoms with Crippen LogP contribution < -0.4 is 10.0 Å². The first-order chi connectivity index (χ1) is 8.23. The van der Waals surface area contributed by atoms with E-state index in [1.807, 2.05) is 21.0 Å². The van der Waals surface area contributed by atoms with Crippen LogP contribution in [0.2, 0.25) is 0 Å². The molecule has 0 aromatic carbocycles. The van der Waals surface area contributed by atoms with Crippen molar-refractivity contribution in [3.05, 3.63) is 0 Å². The highest BCUT2D eigenvalue weighted by Crippen LogP contribution is 1.97. The van der Waals surface area contributed by atoms with Crippen molar-refractivity contribution in [2.24, 2.45) is 0 Å². The summed E-state index contributed by atoms with van der Waals surface area (Å²) in [6.45, 7) is 7.64. The summed E-state index contributed by atoms with van der Waals surface area (Å²) in [4.78, 5) is 2.05. The Labute approximate surface area is 112 Å². The third kappa shape index (κ3) is 11.0. The van der Waals surface area contributed by atoms with Gasteiger partial charge >= 0.3 is 0 Å². The topological polar surface area (TPSA) is 61.4 Å². The summed E-state index contributed by atoms with van der Waals surface area (Å²) < 4.78 is 26.3. The molecule has 2 N–H and O–H groups in total. The fourth-order valence-corrected chi connectivity index (χ4v) is 2.90. The molecule has 0 aliphatic heterocycles. The number of hydrogen-bond acceptors (Lipinski definition) is 4. The maximum absolute atomic E-state index is 11.8. The Bertz CT molecular complexity index is 302. The Morgan fingerprint density at radius 2 is 1.78 bits per heavy atom. The SMILES string of the molecule is CC(C)NCCCS(=O)(=O)NC(C)CCN(C)C. The number of nitrogens with zero attached hydrogens (tertiary/aromatic N) is 1. The van der Waals surface area contributed by atoms with Crippen molar-refractivity contribution in [3.63, 3.8) is 0 Å². The van der Waals surface area contributed by atoms with Gasteiger partial charge in [0.05, 0.1) is 5.75 Å². The summed E-state index contributed by atoms with van der Waals surface area (Å²) in [5.74, 6) is 0.193. The molecule has 0 aromatic rings. The lowest BCUT2D eigenvalue weighted by molar-refractivity contribution is 0.379. The average Bonchev–Trinajstić information content (AvgIpc) is 2.21. The highest BCUT2D eigenvalue weighted by molar-refractivity contribution is 7.89. The van der Waals surface area contributed by atoms with E-state index >= 15 is 0 Å². The van der Waals surface area contributed by atoms with Crippen molar-refractivity contribution >= 4 is 10.0 Å². The lowest BCUT2D eigenvalue weighted by Crippen LogP contribution is -2.37. The molecule has 1 atom stereocenters. The molecular weight excluding hydrogens is 250 g/mol. The van der Waals surface area contributed by atoms with Crippen LogP contribution in [0.25, 0.3) is 0 Å². The first-order valence-electron chi connectivity index (χ1n) is 6.61. The molecule has 110 valence electrons. The summed E-state index contributed by atoms with van der Waals surface area (Å²) in [6, 6.07) is 0.398. The lowest BCUT2D eigenvalue weighted by Gasteiger charge is -2.17. The van der Waals surface area contributed by atoms with Crippen molar-refractivity contribution in [2.75, 3.05) is 32.9 Å². The van der Waals surface area contributed by atoms with Crippen LogP contribution in [0.4, 0.5) is 0 Å². The predicted molar refractivity (Wildman–Crippen MR) is 77.3 cm³/mol. The van der Waals surface area contributed by atoms with Gasteiger partial charge in [0, 0.05) is 12.1 Å². The zero-order valence-corrected chi connectivity index (χ0v) is 13.2. The second-order valence-corrected chi connectivity index (χ2v) is 7.27. The molecule has 0 aliphatic carbocycles. The Morgan fingerprint density at radius 1 is 1.17 bits per heavy atom. The van der Waals surface area contributed by atoms with Gasteiger partial charge in [-0.15, -0.1) is 0 Å². The quantitative estimate of drug-likeness (QED) is 0.576. The maximum atomic E-state index is 11.8. The second kappa shape index (κ2) is 8.85. The molecule has 6 heteroatoms. The van der Waals surface area contributed by atoms with Gasteiger partial charge in [0.2, 0.25) is 10.0 Å². The van der Waals surface area contributed by atoms with Gasteiger partial charge in [-0.1, -0.05) is 13.8 Å². The van der Waals surface area contributed by atoms with E-state index < -0.39 is 10.0 Å². The molecule has 0 radical (unpaired) electrons. The van der Waals surface area contributed by atoms with E-state index in [0.717, 1.165) is 19.5 Å². The molecule has 0 aliphatic rings. The largest absolute Gasteiger partial charge is 0.314 e. The number of rotatable bonds is 10. The van der Waals surface area contributed by atoms with Crippen LogP contribution in [0.3, 0.4) is 0 Å². The van der Waals surface area contributed by atoms with Crippen molar-refractivity contribution in [1.29, 1.82) is 0 Å². The normalized spacial score (nSPS) is 14.4. The van der Waals surface area contributed by atoms with Gasteiger partial charge in [0.1, 0.15) is 0 Å². The van der Waals surface area contributed by atoms with Crippen molar-refractivity contribution < 1.29 is 8.42 Å². The minimum absolute atomic E-state index is 0.00421. The van der Waals surface area contributed by atoms with E-state index in [1.165, 1.54) is 0 Å². The smallest absolute Gasteiger partial charge is 0.211 e. The van der Waals surface area contributed by atoms with Crippen LogP contribution in [0, 0.1) is 0 Å². The van der Waals surface area contributed by atoms with Crippen molar-refractivity contribution in [2.45, 2.75) is 45.7 Å². The Hall–Kier alpha value is -0.170. The van der Waals surface area contributed by atoms with Crippen LogP contribution in [0.1, 0.15) is 33.6 Å². The van der Waals surface area contributed by atoms with Crippen LogP contribution in [-0.2, 0) is 10.0 Å². The summed E-state index contributed by atoms with van der Waals surface area (Å²) in [5.41, 5.74) is 0. The molecule has 0 fully saturated rings. The minimum atomic E-state index is -3.14. The van der Waals surface area contributed by atoms with Gasteiger partial charge < -0.3 is 10.2 Å². The first-order valence-corrected chi connectivity index (χ1v) is 8.26. The van der Waals surface area contributed by atoms with Gasteiger partial charge in [-0.3, -0.25) is 0 Å². The molecule has 0 bridgehead atoms. The van der Waals surface area contributed by atoms with Crippen LogP contribution in [0.5, 0.6) is 0 Å². The fourth-order valence-electron chi connectivity index (χ4n) is 1.53. The van der Waals surface area contributed by atoms with Gasteiger partial charge in [0.15, 0.2) is 0 Å². The summed E-state index contributed by atoms with van der Waals surface area (Å²) >= 11 is 0. The van der Waals surface area contributed by atoms with E-state index in [1.54, 1.807) is 0 Å². The molecule has 0 aromatic heterocycles. The van der Waals surface area contributed by atoms with Gasteiger partial charge in [-0.2, -0.15) is 0 Å². The molecular formula is C12H29N3O2S. The van der Waals surface area contributed by atoms with E-state index in [9.17, 15) is 8.42 Å². The van der Waals surface area contributed by atoms with E-state index in [4.69, 9.17) is 0 Å². The zero-order valence-electron chi connectivity index (χ0n) is 12.4. The van der Waals surface area contributed by atoms with Crippen LogP contribution in [-0.4, -0.2) is 58.3 Å². The van der Waals surface area contributed by atoms with Crippen molar-refractivity contribution in [3.8, 4) is 0 Å². The molecule has 0 heterocycles. The number of hydrogen-bond donors (Lipinski definition) is 2. The molecule has 1 unspecified atom stereocenters. The Morgan fingerprint density at radius 3 is 2.28 bits per heavy atom. The number of nitrogens with one attached hydrogen (secondary N) is 2. The molecule has 5 nitrogen and oxygen atoms in total. The maximum Gasteiger partial charge on any atom is 0.211 e. The third-order valence-corrected chi connectivity index (χ3v) is 4.12. The summed E-state index contributed by atoms with van der Waals surface area (Å²) in [5, 5.41) is 3.21. The third-order valence-electron chi connectivity index (χ3n) is 2.53. The molecule has 0 spiro atoms. The van der Waals surface area contributed by atoms with Gasteiger partial charge in [-0.25, -0.2) is 13.1 Å². The summed E-state index contributed by atoms with van der Waals surface area (Å²) in [6.07, 6.45) is 1.48. The Balaban J connectivity index is 3.85. The first kappa shape index (κ1) is 17.8. The molecule has 18 heavy (non-hydrogen) atoms. The fraction of sp³-hybridized carbons (Fsp3) is 1.00. The van der Waals surface area contributed by atoms with E-state index in [0.29, 0.717) is 12.5 Å². The molecule has 0 saturated heterocycles. The van der Waals surface area contributed by atoms with Crippen LogP contribution >= 0.6 is 0 Å². The molecule has 0 amide bonds. The second-order valence-electron chi connectivity index (χ2n) is 5.39. The van der Waals surface area contributed by atoms with E-state index in [2.05, 4.69) is 28.8 Å².